The van der Waals surface area contributed by atoms with Crippen LogP contribution in [0, 0.1) is 11.8 Å². The van der Waals surface area contributed by atoms with Gasteiger partial charge in [0.1, 0.15) is 22.8 Å². The van der Waals surface area contributed by atoms with E-state index >= 15 is 0 Å². The van der Waals surface area contributed by atoms with Gasteiger partial charge in [-0.05, 0) is 159 Å². The van der Waals surface area contributed by atoms with Gasteiger partial charge in [-0.3, -0.25) is 9.78 Å². The maximum Gasteiger partial charge on any atom is 0.329 e. The molecule has 0 radical (unpaired) electrons. The number of nitrogens with one attached hydrogen (secondary N) is 2. The molecule has 1 aliphatic heterocycles. The van der Waals surface area contributed by atoms with E-state index in [4.69, 9.17) is 35.3 Å². The molecule has 0 unspecified atom stereocenters. The van der Waals surface area contributed by atoms with Crippen LogP contribution in [-0.4, -0.2) is 79.8 Å². The lowest BCUT2D eigenvalue weighted by Crippen LogP contribution is -2.53. The Morgan fingerprint density at radius 3 is 2.62 bits per heavy atom. The molecule has 348 valence electrons. The minimum Gasteiger partial charge on any atom is -0.494 e. The number of carbonyl (C=O) groups is 2. The Hall–Kier alpha value is -4.84. The number of halogens is 1. The molecule has 1 amide bonds. The predicted octanol–water partition coefficient (Wildman–Crippen LogP) is 9.90. The maximum absolute atomic E-state index is 13.1. The van der Waals surface area contributed by atoms with Gasteiger partial charge in [-0.25, -0.2) is 4.79 Å². The van der Waals surface area contributed by atoms with Crippen molar-refractivity contribution in [2.45, 2.75) is 120 Å². The summed E-state index contributed by atoms with van der Waals surface area (Å²) < 4.78 is 30.1. The summed E-state index contributed by atoms with van der Waals surface area (Å²) in [5.41, 5.74) is 5.50. The smallest absolute Gasteiger partial charge is 0.329 e. The summed E-state index contributed by atoms with van der Waals surface area (Å²) >= 11 is 6.33. The van der Waals surface area contributed by atoms with Crippen molar-refractivity contribution in [1.29, 1.82) is 0 Å². The average Bonchev–Trinajstić information content (AvgIpc) is 3.59. The van der Waals surface area contributed by atoms with Crippen LogP contribution < -0.4 is 24.8 Å². The molecule has 1 saturated heterocycles. The van der Waals surface area contributed by atoms with E-state index in [1.807, 2.05) is 48.7 Å². The molecule has 2 fully saturated rings. The number of carbonyl (C=O) groups excluding carboxylic acids is 1. The highest BCUT2D eigenvalue weighted by Gasteiger charge is 2.54. The first kappa shape index (κ1) is 46.7. The summed E-state index contributed by atoms with van der Waals surface area (Å²) in [5.74, 6) is 2.74. The summed E-state index contributed by atoms with van der Waals surface area (Å²) in [6.07, 6.45) is 12.0. The highest BCUT2D eigenvalue weighted by Crippen LogP contribution is 2.57. The van der Waals surface area contributed by atoms with Crippen LogP contribution in [0.15, 0.2) is 79.0 Å². The van der Waals surface area contributed by atoms with Gasteiger partial charge >= 0.3 is 5.97 Å². The van der Waals surface area contributed by atoms with Crippen molar-refractivity contribution in [2.75, 3.05) is 51.5 Å². The number of fused-ring (bicyclic) bond motifs is 3. The molecule has 4 atom stereocenters. The van der Waals surface area contributed by atoms with Crippen molar-refractivity contribution < 1.29 is 38.4 Å². The number of amides is 1. The SMILES string of the molecule is C[C@@H](COc1ccnc2c1[C@H](C)CCC2)C[C@H]1Cc2ccc(OCCCC(=O)NCCc3cccc(OCC[C@H]4COCCO4)c3)cc2C12CCC(Nc1cccc(Cl)c1)(C(=O)O)CC2. The quantitative estimate of drug-likeness (QED) is 0.0736. The number of rotatable bonds is 20. The zero-order chi connectivity index (χ0) is 45.2. The van der Waals surface area contributed by atoms with Gasteiger partial charge in [-0.15, -0.1) is 0 Å². The normalized spacial score (nSPS) is 24.1. The molecule has 1 saturated carbocycles. The van der Waals surface area contributed by atoms with Crippen molar-refractivity contribution in [3.63, 3.8) is 0 Å². The molecule has 4 aromatic rings. The van der Waals surface area contributed by atoms with Crippen molar-refractivity contribution in [2.24, 2.45) is 11.8 Å². The Kier molecular flexibility index (Phi) is 15.5. The van der Waals surface area contributed by atoms with E-state index in [0.717, 1.165) is 74.2 Å². The van der Waals surface area contributed by atoms with Crippen LogP contribution in [0.25, 0.3) is 0 Å². The van der Waals surface area contributed by atoms with Crippen LogP contribution >= 0.6 is 11.6 Å². The van der Waals surface area contributed by atoms with E-state index in [0.29, 0.717) is 101 Å². The molecule has 11 nitrogen and oxygen atoms in total. The summed E-state index contributed by atoms with van der Waals surface area (Å²) in [6.45, 7) is 8.58. The zero-order valence-corrected chi connectivity index (χ0v) is 38.8. The molecule has 2 heterocycles. The number of aliphatic carboxylic acids is 1. The van der Waals surface area contributed by atoms with Gasteiger partial charge < -0.3 is 39.4 Å². The second-order valence-electron chi connectivity index (χ2n) is 18.9. The molecule has 8 rings (SSSR count). The number of aromatic nitrogens is 1. The van der Waals surface area contributed by atoms with Crippen molar-refractivity contribution in [3.05, 3.63) is 112 Å². The van der Waals surface area contributed by atoms with Crippen molar-refractivity contribution in [3.8, 4) is 17.2 Å². The third-order valence-corrected chi connectivity index (χ3v) is 14.5. The molecular formula is C53H66ClN3O8. The minimum atomic E-state index is -1.11. The van der Waals surface area contributed by atoms with Crippen molar-refractivity contribution >= 4 is 29.2 Å². The number of hydrogen-bond acceptors (Lipinski definition) is 9. The van der Waals surface area contributed by atoms with E-state index in [1.54, 1.807) is 12.1 Å². The Bertz CT molecular complexity index is 2240. The lowest BCUT2D eigenvalue weighted by molar-refractivity contribution is -0.144. The van der Waals surface area contributed by atoms with Crippen LogP contribution in [0.2, 0.25) is 5.02 Å². The third kappa shape index (κ3) is 11.6. The Balaban J connectivity index is 0.870. The van der Waals surface area contributed by atoms with Gasteiger partial charge in [-0.1, -0.05) is 49.7 Å². The molecule has 12 heteroatoms. The first-order valence-corrected chi connectivity index (χ1v) is 24.3. The summed E-state index contributed by atoms with van der Waals surface area (Å²) in [7, 11) is 0. The first-order chi connectivity index (χ1) is 31.6. The topological polar surface area (TPSA) is 137 Å². The molecule has 3 aromatic carbocycles. The summed E-state index contributed by atoms with van der Waals surface area (Å²) in [5, 5.41) is 17.8. The summed E-state index contributed by atoms with van der Waals surface area (Å²) in [6, 6.07) is 23.8. The fourth-order valence-electron chi connectivity index (χ4n) is 10.8. The first-order valence-electron chi connectivity index (χ1n) is 23.9. The minimum absolute atomic E-state index is 0.00150. The van der Waals surface area contributed by atoms with Crippen LogP contribution in [-0.2, 0) is 43.7 Å². The lowest BCUT2D eigenvalue weighted by atomic mass is 9.59. The molecule has 3 N–H and O–H groups in total. The number of aryl methyl sites for hydroxylation is 1. The second kappa shape index (κ2) is 21.6. The maximum atomic E-state index is 13.1. The van der Waals surface area contributed by atoms with E-state index in [9.17, 15) is 14.7 Å². The largest absolute Gasteiger partial charge is 0.494 e. The molecule has 3 aliphatic carbocycles. The van der Waals surface area contributed by atoms with E-state index < -0.39 is 11.5 Å². The van der Waals surface area contributed by atoms with Gasteiger partial charge in [0.05, 0.1) is 45.7 Å². The van der Waals surface area contributed by atoms with Gasteiger partial charge in [-0.2, -0.15) is 0 Å². The number of carboxylic acid groups (broad SMARTS) is 1. The fraction of sp³-hybridized carbons (Fsp3) is 0.528. The third-order valence-electron chi connectivity index (χ3n) is 14.3. The standard InChI is InChI=1S/C53H66ClN3O8/c1-36(34-65-48-17-24-55-47-12-3-7-37(2)50(47)48)29-40-31-39-14-15-44(33-46(39)52(40)19-21-53(22-20-52,51(59)60)57-42-10-5-9-41(54)32-42)62-25-6-13-49(58)56-23-16-38-8-4-11-43(30-38)63-26-18-45-35-61-27-28-64-45/h4-5,8-11,14-15,17,24,30,32-33,36-37,40,45,57H,3,6-7,12-13,16,18-23,25-29,31,34-35H2,1-2H3,(H,56,58)(H,59,60)/t36-,37-,40+,45+,52?,53?/m1/s1. The monoisotopic (exact) mass is 907 g/mol. The number of hydrogen-bond donors (Lipinski definition) is 3. The second-order valence-corrected chi connectivity index (χ2v) is 19.4. The van der Waals surface area contributed by atoms with Crippen LogP contribution in [0.1, 0.15) is 112 Å². The number of anilines is 1. The number of pyridine rings is 1. The molecule has 1 aromatic heterocycles. The molecule has 4 aliphatic rings. The van der Waals surface area contributed by atoms with Gasteiger partial charge in [0.15, 0.2) is 0 Å². The van der Waals surface area contributed by atoms with Crippen LogP contribution in [0.3, 0.4) is 0 Å². The number of ether oxygens (including phenoxy) is 5. The zero-order valence-electron chi connectivity index (χ0n) is 38.1. The Labute approximate surface area is 389 Å². The van der Waals surface area contributed by atoms with Crippen LogP contribution in [0.5, 0.6) is 17.2 Å². The van der Waals surface area contributed by atoms with E-state index in [1.165, 1.54) is 22.4 Å². The Morgan fingerprint density at radius 1 is 0.969 bits per heavy atom. The van der Waals surface area contributed by atoms with E-state index in [2.05, 4.69) is 47.7 Å². The van der Waals surface area contributed by atoms with Gasteiger partial charge in [0.25, 0.3) is 0 Å². The van der Waals surface area contributed by atoms with Gasteiger partial charge in [0.2, 0.25) is 5.91 Å². The van der Waals surface area contributed by atoms with Crippen LogP contribution in [0.4, 0.5) is 5.69 Å². The summed E-state index contributed by atoms with van der Waals surface area (Å²) in [4.78, 5) is 30.6. The molecule has 1 spiro atoms. The number of carboxylic acids is 1. The highest BCUT2D eigenvalue weighted by molar-refractivity contribution is 6.30. The van der Waals surface area contributed by atoms with Crippen molar-refractivity contribution in [1.82, 2.24) is 10.3 Å². The van der Waals surface area contributed by atoms with E-state index in [-0.39, 0.29) is 23.3 Å². The molecular weight excluding hydrogens is 842 g/mol. The Morgan fingerprint density at radius 2 is 1.80 bits per heavy atom. The molecule has 0 bridgehead atoms. The predicted molar refractivity (Wildman–Crippen MR) is 253 cm³/mol. The van der Waals surface area contributed by atoms with Gasteiger partial charge in [0, 0.05) is 47.6 Å². The number of nitrogens with zero attached hydrogens (tertiary/aromatic N) is 1. The average molecular weight is 909 g/mol. The fourth-order valence-corrected chi connectivity index (χ4v) is 11.0. The lowest BCUT2D eigenvalue weighted by Gasteiger charge is -2.47. The molecule has 65 heavy (non-hydrogen) atoms. The highest BCUT2D eigenvalue weighted by atomic mass is 35.5. The number of benzene rings is 3.